The summed E-state index contributed by atoms with van der Waals surface area (Å²) in [5.41, 5.74) is 2.92. The molecule has 104 valence electrons. The minimum Gasteiger partial charge on any atom is -0.472 e. The highest BCUT2D eigenvalue weighted by atomic mass is 79.9. The van der Waals surface area contributed by atoms with E-state index in [0.717, 1.165) is 33.0 Å². The van der Waals surface area contributed by atoms with E-state index in [2.05, 4.69) is 33.0 Å². The molecule has 2 heterocycles. The molecule has 1 aromatic heterocycles. The van der Waals surface area contributed by atoms with Crippen LogP contribution in [0, 0.1) is 0 Å². The summed E-state index contributed by atoms with van der Waals surface area (Å²) in [4.78, 5) is 4.64. The van der Waals surface area contributed by atoms with Crippen LogP contribution in [0.3, 0.4) is 0 Å². The summed E-state index contributed by atoms with van der Waals surface area (Å²) < 4.78 is 8.65. The Hall–Kier alpha value is -1.78. The number of fused-ring (bicyclic) bond motifs is 3. The number of nitrogens with zero attached hydrogens (tertiary/aromatic N) is 2. The summed E-state index contributed by atoms with van der Waals surface area (Å²) in [6.07, 6.45) is 0. The van der Waals surface area contributed by atoms with Crippen molar-refractivity contribution < 1.29 is 4.74 Å². The van der Waals surface area contributed by atoms with Crippen molar-refractivity contribution in [2.45, 2.75) is 6.73 Å². The van der Waals surface area contributed by atoms with Gasteiger partial charge in [0, 0.05) is 5.56 Å². The van der Waals surface area contributed by atoms with Crippen LogP contribution in [-0.4, -0.2) is 9.55 Å². The molecule has 0 fully saturated rings. The van der Waals surface area contributed by atoms with Gasteiger partial charge < -0.3 is 4.74 Å². The van der Waals surface area contributed by atoms with Gasteiger partial charge in [-0.15, -0.1) is 0 Å². The fraction of sp³-hybridized carbons (Fsp3) is 0.0625. The summed E-state index contributed by atoms with van der Waals surface area (Å²) in [5, 5.41) is 0.644. The summed E-state index contributed by atoms with van der Waals surface area (Å²) >= 11 is 9.89. The minimum atomic E-state index is 0.422. The van der Waals surface area contributed by atoms with Crippen molar-refractivity contribution in [3.05, 3.63) is 58.2 Å². The average molecular weight is 362 g/mol. The molecule has 0 saturated carbocycles. The second-order valence-corrected chi connectivity index (χ2v) is 5.91. The van der Waals surface area contributed by atoms with Crippen molar-refractivity contribution >= 4 is 27.5 Å². The molecule has 0 bridgehead atoms. The van der Waals surface area contributed by atoms with Gasteiger partial charge in [0.1, 0.15) is 16.2 Å². The summed E-state index contributed by atoms with van der Waals surface area (Å²) in [5.74, 6) is 1.60. The van der Waals surface area contributed by atoms with E-state index >= 15 is 0 Å². The topological polar surface area (TPSA) is 27.1 Å². The Balaban J connectivity index is 1.99. The van der Waals surface area contributed by atoms with Gasteiger partial charge in [0.2, 0.25) is 0 Å². The highest BCUT2D eigenvalue weighted by Crippen LogP contribution is 2.43. The smallest absolute Gasteiger partial charge is 0.167 e. The third-order valence-electron chi connectivity index (χ3n) is 3.52. The van der Waals surface area contributed by atoms with Gasteiger partial charge in [0.05, 0.1) is 16.3 Å². The van der Waals surface area contributed by atoms with Crippen LogP contribution in [0.4, 0.5) is 0 Å². The van der Waals surface area contributed by atoms with E-state index in [-0.39, 0.29) is 0 Å². The number of hydrogen-bond donors (Lipinski definition) is 0. The standard InChI is InChI=1S/C16H10BrClN2O/c17-15-14(10-5-2-1-3-6-10)20-9-21-12-8-4-7-11(18)13(12)16(20)19-15/h1-8H,9H2. The zero-order valence-electron chi connectivity index (χ0n) is 10.9. The largest absolute Gasteiger partial charge is 0.472 e. The second-order valence-electron chi connectivity index (χ2n) is 4.76. The monoisotopic (exact) mass is 360 g/mol. The molecular weight excluding hydrogens is 352 g/mol. The summed E-state index contributed by atoms with van der Waals surface area (Å²) in [6, 6.07) is 15.8. The molecule has 0 amide bonds. The molecular formula is C16H10BrClN2O. The lowest BCUT2D eigenvalue weighted by atomic mass is 10.1. The van der Waals surface area contributed by atoms with Crippen LogP contribution in [0.2, 0.25) is 5.02 Å². The average Bonchev–Trinajstić information content (AvgIpc) is 2.84. The number of halogens is 2. The Kier molecular flexibility index (Phi) is 3.01. The van der Waals surface area contributed by atoms with E-state index in [1.165, 1.54) is 0 Å². The van der Waals surface area contributed by atoms with Crippen LogP contribution < -0.4 is 4.74 Å². The molecule has 3 nitrogen and oxygen atoms in total. The normalized spacial score (nSPS) is 12.5. The van der Waals surface area contributed by atoms with Crippen LogP contribution in [0.15, 0.2) is 53.1 Å². The molecule has 3 aromatic rings. The fourth-order valence-electron chi connectivity index (χ4n) is 2.59. The van der Waals surface area contributed by atoms with Crippen LogP contribution >= 0.6 is 27.5 Å². The maximum atomic E-state index is 6.33. The van der Waals surface area contributed by atoms with Crippen molar-refractivity contribution in [2.75, 3.05) is 0 Å². The van der Waals surface area contributed by atoms with Gasteiger partial charge in [-0.2, -0.15) is 0 Å². The van der Waals surface area contributed by atoms with E-state index in [1.54, 1.807) is 0 Å². The van der Waals surface area contributed by atoms with Crippen molar-refractivity contribution in [2.24, 2.45) is 0 Å². The molecule has 0 N–H and O–H groups in total. The Labute approximate surface area is 135 Å². The van der Waals surface area contributed by atoms with Crippen molar-refractivity contribution in [3.63, 3.8) is 0 Å². The molecule has 21 heavy (non-hydrogen) atoms. The summed E-state index contributed by atoms with van der Waals surface area (Å²) in [6.45, 7) is 0.422. The minimum absolute atomic E-state index is 0.422. The number of ether oxygens (including phenoxy) is 1. The van der Waals surface area contributed by atoms with Crippen LogP contribution in [0.1, 0.15) is 0 Å². The van der Waals surface area contributed by atoms with E-state index in [1.807, 2.05) is 41.0 Å². The molecule has 0 aliphatic carbocycles. The molecule has 2 aromatic carbocycles. The lowest BCUT2D eigenvalue weighted by molar-refractivity contribution is 0.231. The Bertz CT molecular complexity index is 830. The molecule has 0 spiro atoms. The third-order valence-corrected chi connectivity index (χ3v) is 4.39. The number of benzene rings is 2. The van der Waals surface area contributed by atoms with Gasteiger partial charge in [-0.05, 0) is 28.1 Å². The lowest BCUT2D eigenvalue weighted by Crippen LogP contribution is -2.14. The molecule has 0 radical (unpaired) electrons. The molecule has 0 atom stereocenters. The van der Waals surface area contributed by atoms with E-state index in [4.69, 9.17) is 16.3 Å². The van der Waals surface area contributed by atoms with Crippen molar-refractivity contribution in [3.8, 4) is 28.4 Å². The number of aromatic nitrogens is 2. The SMILES string of the molecule is Clc1cccc2c1-c1nc(Br)c(-c3ccccc3)n1CO2. The first-order valence-electron chi connectivity index (χ1n) is 6.49. The zero-order valence-corrected chi connectivity index (χ0v) is 13.2. The van der Waals surface area contributed by atoms with Crippen molar-refractivity contribution in [1.29, 1.82) is 0 Å². The first-order valence-corrected chi connectivity index (χ1v) is 7.66. The highest BCUT2D eigenvalue weighted by Gasteiger charge is 2.26. The lowest BCUT2D eigenvalue weighted by Gasteiger charge is -2.21. The molecule has 1 aliphatic rings. The maximum Gasteiger partial charge on any atom is 0.167 e. The van der Waals surface area contributed by atoms with E-state index < -0.39 is 0 Å². The van der Waals surface area contributed by atoms with Crippen LogP contribution in [-0.2, 0) is 6.73 Å². The third kappa shape index (κ3) is 1.98. The van der Waals surface area contributed by atoms with Gasteiger partial charge in [0.15, 0.2) is 6.73 Å². The number of rotatable bonds is 1. The zero-order chi connectivity index (χ0) is 14.4. The van der Waals surface area contributed by atoms with Gasteiger partial charge >= 0.3 is 0 Å². The number of imidazole rings is 1. The highest BCUT2D eigenvalue weighted by molar-refractivity contribution is 9.10. The first-order chi connectivity index (χ1) is 10.3. The van der Waals surface area contributed by atoms with Gasteiger partial charge in [-0.25, -0.2) is 4.98 Å². The molecule has 4 rings (SSSR count). The van der Waals surface area contributed by atoms with Crippen LogP contribution in [0.5, 0.6) is 5.75 Å². The predicted octanol–water partition coefficient (Wildman–Crippen LogP) is 4.98. The van der Waals surface area contributed by atoms with E-state index in [0.29, 0.717) is 11.8 Å². The first kappa shape index (κ1) is 12.9. The van der Waals surface area contributed by atoms with Gasteiger partial charge in [0.25, 0.3) is 0 Å². The summed E-state index contributed by atoms with van der Waals surface area (Å²) in [7, 11) is 0. The number of hydrogen-bond acceptors (Lipinski definition) is 2. The Morgan fingerprint density at radius 1 is 1.10 bits per heavy atom. The Morgan fingerprint density at radius 3 is 2.71 bits per heavy atom. The van der Waals surface area contributed by atoms with Crippen molar-refractivity contribution in [1.82, 2.24) is 9.55 Å². The second kappa shape index (κ2) is 4.90. The molecule has 1 aliphatic heterocycles. The fourth-order valence-corrected chi connectivity index (χ4v) is 3.45. The van der Waals surface area contributed by atoms with E-state index in [9.17, 15) is 0 Å². The predicted molar refractivity (Wildman–Crippen MR) is 86.4 cm³/mol. The maximum absolute atomic E-state index is 6.33. The quantitative estimate of drug-likeness (QED) is 0.611. The Morgan fingerprint density at radius 2 is 1.90 bits per heavy atom. The molecule has 0 saturated heterocycles. The molecule has 5 heteroatoms. The van der Waals surface area contributed by atoms with Gasteiger partial charge in [-0.3, -0.25) is 4.57 Å². The van der Waals surface area contributed by atoms with Crippen LogP contribution in [0.25, 0.3) is 22.6 Å². The molecule has 0 unspecified atom stereocenters. The van der Waals surface area contributed by atoms with Gasteiger partial charge in [-0.1, -0.05) is 48.0 Å².